The molecule has 0 bridgehead atoms. The molecule has 0 aliphatic heterocycles. The van der Waals surface area contributed by atoms with Crippen molar-refractivity contribution in [2.45, 2.75) is 211 Å². The van der Waals surface area contributed by atoms with E-state index in [-0.39, 0.29) is 48.7 Å². The fourth-order valence-electron chi connectivity index (χ4n) is 13.5. The van der Waals surface area contributed by atoms with Gasteiger partial charge in [-0.15, -0.1) is 0 Å². The summed E-state index contributed by atoms with van der Waals surface area (Å²) >= 11 is 0. The highest BCUT2D eigenvalue weighted by atomic mass is 14.6. The van der Waals surface area contributed by atoms with Gasteiger partial charge in [0.05, 0.1) is 5.41 Å². The van der Waals surface area contributed by atoms with Gasteiger partial charge in [-0.05, 0) is 208 Å². The quantitative estimate of drug-likeness (QED) is 0.145. The van der Waals surface area contributed by atoms with Gasteiger partial charge in [-0.25, -0.2) is 0 Å². The van der Waals surface area contributed by atoms with Gasteiger partial charge < -0.3 is 0 Å². The van der Waals surface area contributed by atoms with Gasteiger partial charge in [0, 0.05) is 0 Å². The van der Waals surface area contributed by atoms with Crippen LogP contribution in [0, 0.1) is 0 Å². The van der Waals surface area contributed by atoms with E-state index in [1.807, 2.05) is 0 Å². The van der Waals surface area contributed by atoms with Crippen LogP contribution in [-0.4, -0.2) is 0 Å². The van der Waals surface area contributed by atoms with Crippen LogP contribution in [0.15, 0.2) is 48.5 Å². The van der Waals surface area contributed by atoms with Crippen molar-refractivity contribution in [3.8, 4) is 22.3 Å². The minimum absolute atomic E-state index is 0.118. The fourth-order valence-corrected chi connectivity index (χ4v) is 13.5. The van der Waals surface area contributed by atoms with Crippen LogP contribution in [0.2, 0.25) is 0 Å². The second-order valence-electron chi connectivity index (χ2n) is 25.6. The van der Waals surface area contributed by atoms with Crippen LogP contribution >= 0.6 is 0 Å². The molecule has 4 aromatic rings. The lowest BCUT2D eigenvalue weighted by Gasteiger charge is -2.45. The van der Waals surface area contributed by atoms with Crippen molar-refractivity contribution in [2.75, 3.05) is 0 Å². The number of benzene rings is 4. The third-order valence-electron chi connectivity index (χ3n) is 18.2. The Balaban J connectivity index is 1.44. The Kier molecular flexibility index (Phi) is 7.21. The normalized spacial score (nSPS) is 25.5. The maximum Gasteiger partial charge on any atom is 0.0725 e. The summed E-state index contributed by atoms with van der Waals surface area (Å²) in [5.74, 6) is 0. The van der Waals surface area contributed by atoms with Crippen LogP contribution < -0.4 is 0 Å². The molecule has 0 fully saturated rings. The van der Waals surface area contributed by atoms with Crippen LogP contribution in [0.1, 0.15) is 229 Å². The van der Waals surface area contributed by atoms with E-state index in [1.54, 1.807) is 66.8 Å². The Labute approximate surface area is 347 Å². The van der Waals surface area contributed by atoms with E-state index in [4.69, 9.17) is 0 Å². The molecule has 0 heteroatoms. The topological polar surface area (TPSA) is 0 Å². The molecule has 0 saturated carbocycles. The second kappa shape index (κ2) is 10.8. The molecule has 10 rings (SSSR count). The lowest BCUT2D eigenvalue weighted by Crippen LogP contribution is -2.37. The van der Waals surface area contributed by atoms with Gasteiger partial charge in [-0.3, -0.25) is 0 Å². The van der Waals surface area contributed by atoms with Crippen molar-refractivity contribution in [3.63, 3.8) is 0 Å². The van der Waals surface area contributed by atoms with Crippen LogP contribution in [0.4, 0.5) is 0 Å². The largest absolute Gasteiger partial charge is 0.0725 e. The molecule has 0 nitrogen and oxygen atoms in total. The lowest BCUT2D eigenvalue weighted by molar-refractivity contribution is 0.330. The highest BCUT2D eigenvalue weighted by Crippen LogP contribution is 2.68. The highest BCUT2D eigenvalue weighted by Gasteiger charge is 2.57. The van der Waals surface area contributed by atoms with E-state index in [0.29, 0.717) is 0 Å². The Bertz CT molecular complexity index is 2110. The first-order valence-corrected chi connectivity index (χ1v) is 22.9. The summed E-state index contributed by atoms with van der Waals surface area (Å²) < 4.78 is 0. The van der Waals surface area contributed by atoms with Crippen molar-refractivity contribution in [1.82, 2.24) is 0 Å². The molecular formula is C57H72. The van der Waals surface area contributed by atoms with Crippen molar-refractivity contribution < 1.29 is 0 Å². The van der Waals surface area contributed by atoms with E-state index in [1.165, 1.54) is 73.6 Å². The summed E-state index contributed by atoms with van der Waals surface area (Å²) in [5.41, 5.74) is 25.6. The monoisotopic (exact) mass is 757 g/mol. The molecule has 300 valence electrons. The molecule has 57 heavy (non-hydrogen) atoms. The average Bonchev–Trinajstić information content (AvgIpc) is 3.56. The molecule has 0 unspecified atom stereocenters. The number of fused-ring (bicyclic) bond motifs is 14. The van der Waals surface area contributed by atoms with Gasteiger partial charge >= 0.3 is 0 Å². The second-order valence-corrected chi connectivity index (χ2v) is 25.6. The Morgan fingerprint density at radius 1 is 0.211 bits per heavy atom. The zero-order valence-corrected chi connectivity index (χ0v) is 38.8. The first-order chi connectivity index (χ1) is 26.2. The number of rotatable bonds is 0. The molecule has 0 atom stereocenters. The Morgan fingerprint density at radius 2 is 0.351 bits per heavy atom. The number of hydrogen-bond acceptors (Lipinski definition) is 0. The first-order valence-electron chi connectivity index (χ1n) is 22.9. The predicted molar refractivity (Wildman–Crippen MR) is 244 cm³/mol. The van der Waals surface area contributed by atoms with Crippen molar-refractivity contribution in [2.24, 2.45) is 0 Å². The van der Waals surface area contributed by atoms with Crippen LogP contribution in [-0.2, 0) is 48.7 Å². The Hall–Kier alpha value is -3.12. The molecule has 6 aliphatic carbocycles. The first kappa shape index (κ1) is 38.1. The molecule has 0 N–H and O–H groups in total. The van der Waals surface area contributed by atoms with Crippen LogP contribution in [0.25, 0.3) is 22.3 Å². The molecule has 0 saturated heterocycles. The summed E-state index contributed by atoms with van der Waals surface area (Å²) in [6.07, 6.45) is 9.83. The standard InChI is InChI=1S/C57H72/c1-49(2)17-21-53(9,10)45-29-37-33(25-41(45)49)34-26-42-46(54(11,12)22-18-50(42,3)4)30-38(34)57(37)39-31-47-43(51(5,6)19-23-55(47,13)14)27-35(39)36-28-44-48(32-40(36)57)56(15,16)24-20-52(44,7)8/h25-32H,17-24H2,1-16H3. The summed E-state index contributed by atoms with van der Waals surface area (Å²) in [5, 5.41) is 0. The lowest BCUT2D eigenvalue weighted by atomic mass is 9.59. The smallest absolute Gasteiger partial charge is 0.0558 e. The Morgan fingerprint density at radius 3 is 0.509 bits per heavy atom. The maximum absolute atomic E-state index is 2.79. The van der Waals surface area contributed by atoms with Crippen molar-refractivity contribution >= 4 is 0 Å². The zero-order valence-electron chi connectivity index (χ0n) is 38.8. The molecule has 0 amide bonds. The van der Waals surface area contributed by atoms with Crippen LogP contribution in [0.3, 0.4) is 0 Å². The molecular weight excluding hydrogens is 685 g/mol. The number of hydrogen-bond donors (Lipinski definition) is 0. The van der Waals surface area contributed by atoms with Crippen molar-refractivity contribution in [3.05, 3.63) is 115 Å². The fraction of sp³-hybridized carbons (Fsp3) is 0.579. The van der Waals surface area contributed by atoms with Gasteiger partial charge in [-0.2, -0.15) is 0 Å². The molecule has 0 aromatic heterocycles. The van der Waals surface area contributed by atoms with Gasteiger partial charge in [0.1, 0.15) is 0 Å². The van der Waals surface area contributed by atoms with E-state index < -0.39 is 0 Å². The summed E-state index contributed by atoms with van der Waals surface area (Å²) in [6, 6.07) is 22.1. The summed E-state index contributed by atoms with van der Waals surface area (Å²) in [7, 11) is 0. The third kappa shape index (κ3) is 4.80. The van der Waals surface area contributed by atoms with E-state index in [9.17, 15) is 0 Å². The predicted octanol–water partition coefficient (Wildman–Crippen LogP) is 15.4. The van der Waals surface area contributed by atoms with Crippen LogP contribution in [0.5, 0.6) is 0 Å². The van der Waals surface area contributed by atoms with E-state index in [0.717, 1.165) is 0 Å². The summed E-state index contributed by atoms with van der Waals surface area (Å²) in [6.45, 7) is 40.4. The van der Waals surface area contributed by atoms with Gasteiger partial charge in [-0.1, -0.05) is 135 Å². The van der Waals surface area contributed by atoms with Crippen molar-refractivity contribution in [1.29, 1.82) is 0 Å². The minimum atomic E-state index is -0.381. The average molecular weight is 757 g/mol. The molecule has 1 spiro atoms. The molecule has 6 aliphatic rings. The van der Waals surface area contributed by atoms with E-state index >= 15 is 0 Å². The van der Waals surface area contributed by atoms with Gasteiger partial charge in [0.2, 0.25) is 0 Å². The zero-order chi connectivity index (χ0) is 41.1. The SMILES string of the molecule is CC1(C)CCC(C)(C)c2cc3c(cc21)-c1cc2c(cc1C31c3cc4c(cc3-c3cc5c(cc31)C(C)(C)CCC5(C)C)C(C)(C)CCC4(C)C)C(C)(C)CCC2(C)C. The third-order valence-corrected chi connectivity index (χ3v) is 18.2. The van der Waals surface area contributed by atoms with Gasteiger partial charge in [0.15, 0.2) is 0 Å². The summed E-state index contributed by atoms with van der Waals surface area (Å²) in [4.78, 5) is 0. The minimum Gasteiger partial charge on any atom is -0.0558 e. The van der Waals surface area contributed by atoms with Gasteiger partial charge in [0.25, 0.3) is 0 Å². The highest BCUT2D eigenvalue weighted by molar-refractivity contribution is 5.97. The molecule has 4 aromatic carbocycles. The maximum atomic E-state index is 2.79. The molecule has 0 heterocycles. The van der Waals surface area contributed by atoms with E-state index in [2.05, 4.69) is 159 Å². The molecule has 0 radical (unpaired) electrons.